The van der Waals surface area contributed by atoms with E-state index < -0.39 is 5.60 Å². The van der Waals surface area contributed by atoms with Gasteiger partial charge in [-0.2, -0.15) is 0 Å². The van der Waals surface area contributed by atoms with Gasteiger partial charge in [0.25, 0.3) is 0 Å². The first-order valence-electron chi connectivity index (χ1n) is 6.17. The topological polar surface area (TPSA) is 61.4 Å². The minimum Gasteiger partial charge on any atom is -0.388 e. The first-order valence-corrected chi connectivity index (χ1v) is 6.92. The molecule has 0 spiro atoms. The molecule has 0 unspecified atom stereocenters. The van der Waals surface area contributed by atoms with E-state index in [-0.39, 0.29) is 12.6 Å². The third-order valence-electron chi connectivity index (χ3n) is 3.32. The summed E-state index contributed by atoms with van der Waals surface area (Å²) in [6, 6.07) is 4.81. The van der Waals surface area contributed by atoms with Crippen LogP contribution in [0.25, 0.3) is 0 Å². The van der Waals surface area contributed by atoms with Crippen molar-refractivity contribution in [2.45, 2.75) is 31.4 Å². The molecular weight excluding hydrogens is 287 g/mol. The van der Waals surface area contributed by atoms with E-state index in [0.717, 1.165) is 24.8 Å². The van der Waals surface area contributed by atoms with Gasteiger partial charge in [-0.05, 0) is 37.0 Å². The summed E-state index contributed by atoms with van der Waals surface area (Å²) in [5.41, 5.74) is 0.0819. The third kappa shape index (κ3) is 4.00. The molecule has 19 heavy (non-hydrogen) atoms. The molecule has 1 aliphatic carbocycles. The number of aliphatic hydroxyl groups is 1. The van der Waals surface area contributed by atoms with Crippen molar-refractivity contribution in [3.8, 4) is 0 Å². The summed E-state index contributed by atoms with van der Waals surface area (Å²) in [5, 5.41) is 16.3. The zero-order valence-corrected chi connectivity index (χ0v) is 11.9. The van der Waals surface area contributed by atoms with Crippen LogP contribution in [0.2, 0.25) is 10.0 Å². The Balaban J connectivity index is 1.76. The van der Waals surface area contributed by atoms with E-state index in [4.69, 9.17) is 23.2 Å². The number of amides is 2. The molecule has 1 saturated carbocycles. The zero-order valence-electron chi connectivity index (χ0n) is 10.4. The highest BCUT2D eigenvalue weighted by Gasteiger charge is 2.34. The van der Waals surface area contributed by atoms with Crippen molar-refractivity contribution >= 4 is 29.2 Å². The van der Waals surface area contributed by atoms with E-state index in [1.54, 1.807) is 18.2 Å². The van der Waals surface area contributed by atoms with Gasteiger partial charge >= 0.3 is 6.03 Å². The van der Waals surface area contributed by atoms with Crippen molar-refractivity contribution < 1.29 is 9.90 Å². The Labute approximate surface area is 122 Å². The molecular formula is C13H16Cl2N2O2. The maximum atomic E-state index is 11.6. The molecule has 0 bridgehead atoms. The number of carbonyl (C=O) groups excluding carboxylic acids is 1. The molecule has 4 nitrogen and oxygen atoms in total. The minimum atomic E-state index is -0.713. The molecule has 2 rings (SSSR count). The van der Waals surface area contributed by atoms with Crippen molar-refractivity contribution in [1.29, 1.82) is 0 Å². The Bertz CT molecular complexity index is 476. The Morgan fingerprint density at radius 1 is 1.32 bits per heavy atom. The fourth-order valence-electron chi connectivity index (χ4n) is 1.91. The number of rotatable bonds is 4. The molecule has 1 aromatic carbocycles. The van der Waals surface area contributed by atoms with Crippen molar-refractivity contribution in [2.24, 2.45) is 0 Å². The maximum Gasteiger partial charge on any atom is 0.315 e. The molecule has 0 atom stereocenters. The van der Waals surface area contributed by atoms with Crippen LogP contribution in [0.5, 0.6) is 0 Å². The maximum absolute atomic E-state index is 11.6. The van der Waals surface area contributed by atoms with Crippen LogP contribution >= 0.6 is 23.2 Å². The van der Waals surface area contributed by atoms with Gasteiger partial charge in [0.1, 0.15) is 0 Å². The quantitative estimate of drug-likeness (QED) is 0.801. The first kappa shape index (κ1) is 14.4. The lowest BCUT2D eigenvalue weighted by Gasteiger charge is -2.36. The van der Waals surface area contributed by atoms with Crippen molar-refractivity contribution in [3.05, 3.63) is 33.8 Å². The molecule has 0 aromatic heterocycles. The van der Waals surface area contributed by atoms with Gasteiger partial charge in [0, 0.05) is 23.1 Å². The summed E-state index contributed by atoms with van der Waals surface area (Å²) in [6.45, 7) is 0.605. The highest BCUT2D eigenvalue weighted by Crippen LogP contribution is 2.30. The van der Waals surface area contributed by atoms with Crippen LogP contribution in [-0.4, -0.2) is 23.3 Å². The standard InChI is InChI=1S/C13H16Cl2N2O2/c14-10-3-2-9(11(15)6-10)7-16-12(18)17-8-13(19)4-1-5-13/h2-3,6,19H,1,4-5,7-8H2,(H2,16,17,18). The second-order valence-electron chi connectivity index (χ2n) is 4.85. The lowest BCUT2D eigenvalue weighted by Crippen LogP contribution is -2.49. The van der Waals surface area contributed by atoms with Gasteiger partial charge in [0.15, 0.2) is 0 Å². The van der Waals surface area contributed by atoms with E-state index >= 15 is 0 Å². The average Bonchev–Trinajstić information content (AvgIpc) is 2.33. The smallest absolute Gasteiger partial charge is 0.315 e. The zero-order chi connectivity index (χ0) is 13.9. The Morgan fingerprint density at radius 3 is 2.63 bits per heavy atom. The van der Waals surface area contributed by atoms with Crippen LogP contribution in [-0.2, 0) is 6.54 Å². The minimum absolute atomic E-state index is 0.285. The normalized spacial score (nSPS) is 16.6. The summed E-state index contributed by atoms with van der Waals surface area (Å²) in [6.07, 6.45) is 2.51. The van der Waals surface area contributed by atoms with E-state index in [2.05, 4.69) is 10.6 Å². The summed E-state index contributed by atoms with van der Waals surface area (Å²) < 4.78 is 0. The number of hydrogen-bond acceptors (Lipinski definition) is 2. The third-order valence-corrected chi connectivity index (χ3v) is 3.90. The van der Waals surface area contributed by atoms with Crippen LogP contribution in [0.1, 0.15) is 24.8 Å². The van der Waals surface area contributed by atoms with Gasteiger partial charge in [-0.1, -0.05) is 29.3 Å². The van der Waals surface area contributed by atoms with Gasteiger partial charge in [-0.25, -0.2) is 4.79 Å². The number of hydrogen-bond donors (Lipinski definition) is 3. The molecule has 1 aromatic rings. The summed E-state index contributed by atoms with van der Waals surface area (Å²) in [5.74, 6) is 0. The molecule has 1 aliphatic rings. The summed E-state index contributed by atoms with van der Waals surface area (Å²) in [7, 11) is 0. The summed E-state index contributed by atoms with van der Waals surface area (Å²) in [4.78, 5) is 11.6. The molecule has 0 heterocycles. The number of carbonyl (C=O) groups is 1. The van der Waals surface area contributed by atoms with Gasteiger partial charge in [0.05, 0.1) is 5.60 Å². The molecule has 1 fully saturated rings. The monoisotopic (exact) mass is 302 g/mol. The second kappa shape index (κ2) is 5.99. The predicted molar refractivity (Wildman–Crippen MR) is 75.5 cm³/mol. The van der Waals surface area contributed by atoms with Crippen LogP contribution in [0, 0.1) is 0 Å². The van der Waals surface area contributed by atoms with Gasteiger partial charge < -0.3 is 15.7 Å². The Hall–Kier alpha value is -0.970. The van der Waals surface area contributed by atoms with E-state index in [1.807, 2.05) is 0 Å². The average molecular weight is 303 g/mol. The molecule has 0 aliphatic heterocycles. The summed E-state index contributed by atoms with van der Waals surface area (Å²) >= 11 is 11.8. The Morgan fingerprint density at radius 2 is 2.05 bits per heavy atom. The van der Waals surface area contributed by atoms with E-state index in [9.17, 15) is 9.90 Å². The van der Waals surface area contributed by atoms with Crippen LogP contribution in [0.3, 0.4) is 0 Å². The van der Waals surface area contributed by atoms with Crippen molar-refractivity contribution in [1.82, 2.24) is 10.6 Å². The van der Waals surface area contributed by atoms with Crippen molar-refractivity contribution in [2.75, 3.05) is 6.54 Å². The number of halogens is 2. The fourth-order valence-corrected chi connectivity index (χ4v) is 2.38. The van der Waals surface area contributed by atoms with Crippen LogP contribution in [0.4, 0.5) is 4.79 Å². The lowest BCUT2D eigenvalue weighted by atomic mass is 9.80. The second-order valence-corrected chi connectivity index (χ2v) is 5.69. The van der Waals surface area contributed by atoms with Crippen LogP contribution < -0.4 is 10.6 Å². The highest BCUT2D eigenvalue weighted by atomic mass is 35.5. The first-order chi connectivity index (χ1) is 8.98. The molecule has 6 heteroatoms. The fraction of sp³-hybridized carbons (Fsp3) is 0.462. The van der Waals surface area contributed by atoms with E-state index in [0.29, 0.717) is 16.6 Å². The SMILES string of the molecule is O=C(NCc1ccc(Cl)cc1Cl)NCC1(O)CCC1. The van der Waals surface area contributed by atoms with Gasteiger partial charge in [-0.3, -0.25) is 0 Å². The lowest BCUT2D eigenvalue weighted by molar-refractivity contribution is -0.0290. The molecule has 104 valence electrons. The number of urea groups is 1. The Kier molecular flexibility index (Phi) is 4.55. The molecule has 2 amide bonds. The largest absolute Gasteiger partial charge is 0.388 e. The van der Waals surface area contributed by atoms with Crippen LogP contribution in [0.15, 0.2) is 18.2 Å². The molecule has 0 radical (unpaired) electrons. The predicted octanol–water partition coefficient (Wildman–Crippen LogP) is 2.71. The van der Waals surface area contributed by atoms with Gasteiger partial charge in [-0.15, -0.1) is 0 Å². The number of benzene rings is 1. The van der Waals surface area contributed by atoms with Gasteiger partial charge in [0.2, 0.25) is 0 Å². The highest BCUT2D eigenvalue weighted by molar-refractivity contribution is 6.35. The van der Waals surface area contributed by atoms with Crippen molar-refractivity contribution in [3.63, 3.8) is 0 Å². The number of nitrogens with one attached hydrogen (secondary N) is 2. The molecule has 0 saturated heterocycles. The van der Waals surface area contributed by atoms with E-state index in [1.165, 1.54) is 0 Å². The molecule has 3 N–H and O–H groups in total.